The predicted molar refractivity (Wildman–Crippen MR) is 81.8 cm³/mol. The van der Waals surface area contributed by atoms with E-state index in [9.17, 15) is 4.79 Å². The van der Waals surface area contributed by atoms with Crippen LogP contribution < -0.4 is 0 Å². The summed E-state index contributed by atoms with van der Waals surface area (Å²) in [6, 6.07) is 7.30. The summed E-state index contributed by atoms with van der Waals surface area (Å²) < 4.78 is 0. The maximum Gasteiger partial charge on any atom is 0.335 e. The zero-order valence-corrected chi connectivity index (χ0v) is 12.6. The van der Waals surface area contributed by atoms with E-state index in [0.29, 0.717) is 11.5 Å². The van der Waals surface area contributed by atoms with E-state index >= 15 is 0 Å². The Morgan fingerprint density at radius 3 is 3.09 bits per heavy atom. The van der Waals surface area contributed by atoms with Gasteiger partial charge in [-0.2, -0.15) is 5.10 Å². The van der Waals surface area contributed by atoms with Crippen molar-refractivity contribution in [2.45, 2.75) is 32.2 Å². The predicted octanol–water partition coefficient (Wildman–Crippen LogP) is 2.19. The molecule has 0 saturated carbocycles. The summed E-state index contributed by atoms with van der Waals surface area (Å²) in [6.07, 6.45) is 2.19. The van der Waals surface area contributed by atoms with Gasteiger partial charge in [0, 0.05) is 6.54 Å². The van der Waals surface area contributed by atoms with Gasteiger partial charge in [-0.1, -0.05) is 12.1 Å². The smallest absolute Gasteiger partial charge is 0.335 e. The highest BCUT2D eigenvalue weighted by Gasteiger charge is 2.22. The van der Waals surface area contributed by atoms with Gasteiger partial charge in [0.25, 0.3) is 0 Å². The molecule has 2 aromatic rings. The molecule has 22 heavy (non-hydrogen) atoms. The summed E-state index contributed by atoms with van der Waals surface area (Å²) in [5.41, 5.74) is 1.47. The molecule has 6 nitrogen and oxygen atoms in total. The van der Waals surface area contributed by atoms with Gasteiger partial charge >= 0.3 is 5.97 Å². The molecule has 0 unspecified atom stereocenters. The van der Waals surface area contributed by atoms with Crippen molar-refractivity contribution in [3.63, 3.8) is 0 Å². The van der Waals surface area contributed by atoms with Crippen molar-refractivity contribution in [2.24, 2.45) is 0 Å². The van der Waals surface area contributed by atoms with Gasteiger partial charge in [0.2, 0.25) is 0 Å². The normalized spacial score (nSPS) is 19.2. The molecular weight excluding hydrogens is 280 g/mol. The van der Waals surface area contributed by atoms with E-state index in [0.717, 1.165) is 49.7 Å². The Morgan fingerprint density at radius 1 is 1.50 bits per heavy atom. The van der Waals surface area contributed by atoms with Crippen LogP contribution in [-0.2, 0) is 6.54 Å². The minimum atomic E-state index is -0.870. The molecule has 0 spiro atoms. The first kappa shape index (κ1) is 14.7. The summed E-state index contributed by atoms with van der Waals surface area (Å²) in [5, 5.41) is 16.2. The molecule has 1 saturated heterocycles. The number of benzene rings is 1. The first-order chi connectivity index (χ1) is 10.6. The van der Waals surface area contributed by atoms with Gasteiger partial charge in [-0.3, -0.25) is 10.00 Å². The molecule has 1 aliphatic heterocycles. The molecular formula is C16H20N4O2. The minimum Gasteiger partial charge on any atom is -0.478 e. The first-order valence-electron chi connectivity index (χ1n) is 7.55. The van der Waals surface area contributed by atoms with Crippen LogP contribution in [0.2, 0.25) is 0 Å². The number of aryl methyl sites for hydroxylation is 1. The molecule has 3 rings (SSSR count). The first-order valence-corrected chi connectivity index (χ1v) is 7.55. The minimum absolute atomic E-state index is 0.360. The number of rotatable bonds is 4. The van der Waals surface area contributed by atoms with E-state index in [-0.39, 0.29) is 0 Å². The summed E-state index contributed by atoms with van der Waals surface area (Å²) in [4.78, 5) is 17.8. The molecule has 1 aliphatic rings. The Morgan fingerprint density at radius 2 is 2.36 bits per heavy atom. The molecule has 0 aliphatic carbocycles. The quantitative estimate of drug-likeness (QED) is 0.904. The highest BCUT2D eigenvalue weighted by atomic mass is 16.4. The van der Waals surface area contributed by atoms with Gasteiger partial charge < -0.3 is 5.11 Å². The molecule has 0 amide bonds. The maximum atomic E-state index is 11.1. The molecule has 1 aromatic carbocycles. The number of likely N-dealkylation sites (tertiary alicyclic amines) is 1. The third-order valence-corrected chi connectivity index (χ3v) is 4.12. The SMILES string of the molecule is Cc1nc(CN2CCC[C@@H](c3cccc(C(=O)O)c3)C2)n[nH]1. The number of nitrogens with zero attached hydrogens (tertiary/aromatic N) is 3. The zero-order valence-electron chi connectivity index (χ0n) is 12.6. The average Bonchev–Trinajstić information content (AvgIpc) is 2.93. The van der Waals surface area contributed by atoms with Gasteiger partial charge in [0.15, 0.2) is 5.82 Å². The van der Waals surface area contributed by atoms with Gasteiger partial charge in [-0.15, -0.1) is 0 Å². The monoisotopic (exact) mass is 300 g/mol. The molecule has 1 aromatic heterocycles. The Hall–Kier alpha value is -2.21. The third kappa shape index (κ3) is 3.33. The van der Waals surface area contributed by atoms with Crippen LogP contribution in [-0.4, -0.2) is 44.2 Å². The number of carbonyl (C=O) groups is 1. The second-order valence-corrected chi connectivity index (χ2v) is 5.84. The molecule has 1 atom stereocenters. The number of aromatic amines is 1. The summed E-state index contributed by atoms with van der Waals surface area (Å²) in [7, 11) is 0. The van der Waals surface area contributed by atoms with Crippen LogP contribution >= 0.6 is 0 Å². The number of aromatic nitrogens is 3. The fourth-order valence-electron chi connectivity index (χ4n) is 3.06. The molecule has 0 radical (unpaired) electrons. The number of nitrogens with one attached hydrogen (secondary N) is 1. The molecule has 0 bridgehead atoms. The van der Waals surface area contributed by atoms with E-state index in [2.05, 4.69) is 20.1 Å². The largest absolute Gasteiger partial charge is 0.478 e. The van der Waals surface area contributed by atoms with E-state index in [1.807, 2.05) is 19.1 Å². The molecule has 116 valence electrons. The van der Waals surface area contributed by atoms with Crippen molar-refractivity contribution in [1.29, 1.82) is 0 Å². The van der Waals surface area contributed by atoms with Crippen LogP contribution in [0.4, 0.5) is 0 Å². The van der Waals surface area contributed by atoms with Crippen LogP contribution in [0, 0.1) is 6.92 Å². The van der Waals surface area contributed by atoms with Gasteiger partial charge in [-0.25, -0.2) is 9.78 Å². The van der Waals surface area contributed by atoms with Crippen LogP contribution in [0.15, 0.2) is 24.3 Å². The number of piperidine rings is 1. The lowest BCUT2D eigenvalue weighted by Gasteiger charge is -2.32. The Labute approximate surface area is 129 Å². The fraction of sp³-hybridized carbons (Fsp3) is 0.438. The maximum absolute atomic E-state index is 11.1. The number of H-pyrrole nitrogens is 1. The van der Waals surface area contributed by atoms with Crippen LogP contribution in [0.25, 0.3) is 0 Å². The second-order valence-electron chi connectivity index (χ2n) is 5.84. The number of hydrogen-bond donors (Lipinski definition) is 2. The van der Waals surface area contributed by atoms with E-state index in [1.54, 1.807) is 12.1 Å². The lowest BCUT2D eigenvalue weighted by Crippen LogP contribution is -2.34. The van der Waals surface area contributed by atoms with Crippen molar-refractivity contribution in [2.75, 3.05) is 13.1 Å². The molecule has 6 heteroatoms. The van der Waals surface area contributed by atoms with E-state index < -0.39 is 5.97 Å². The number of carboxylic acids is 1. The topological polar surface area (TPSA) is 82.1 Å². The number of hydrogen-bond acceptors (Lipinski definition) is 4. The van der Waals surface area contributed by atoms with Gasteiger partial charge in [0.05, 0.1) is 12.1 Å². The molecule has 2 heterocycles. The average molecular weight is 300 g/mol. The van der Waals surface area contributed by atoms with E-state index in [4.69, 9.17) is 5.11 Å². The number of aromatic carboxylic acids is 1. The molecule has 1 fully saturated rings. The molecule has 2 N–H and O–H groups in total. The number of carboxylic acid groups (broad SMARTS) is 1. The van der Waals surface area contributed by atoms with Crippen LogP contribution in [0.3, 0.4) is 0 Å². The van der Waals surface area contributed by atoms with Crippen LogP contribution in [0.5, 0.6) is 0 Å². The Kier molecular flexibility index (Phi) is 4.20. The standard InChI is InChI=1S/C16H20N4O2/c1-11-17-15(19-18-11)10-20-7-3-6-14(9-20)12-4-2-5-13(8-12)16(21)22/h2,4-5,8,14H,3,6-7,9-10H2,1H3,(H,21,22)(H,17,18,19)/t14-/m1/s1. The highest BCUT2D eigenvalue weighted by Crippen LogP contribution is 2.28. The van der Waals surface area contributed by atoms with Crippen molar-refractivity contribution in [3.05, 3.63) is 47.0 Å². The van der Waals surface area contributed by atoms with Gasteiger partial charge in [-0.05, 0) is 49.9 Å². The lowest BCUT2D eigenvalue weighted by atomic mass is 9.89. The second kappa shape index (κ2) is 6.27. The Bertz CT molecular complexity index is 668. The summed E-state index contributed by atoms with van der Waals surface area (Å²) >= 11 is 0. The Balaban J connectivity index is 1.70. The zero-order chi connectivity index (χ0) is 15.5. The van der Waals surface area contributed by atoms with Gasteiger partial charge in [0.1, 0.15) is 5.82 Å². The summed E-state index contributed by atoms with van der Waals surface area (Å²) in [6.45, 7) is 4.58. The van der Waals surface area contributed by atoms with Crippen molar-refractivity contribution < 1.29 is 9.90 Å². The third-order valence-electron chi connectivity index (χ3n) is 4.12. The van der Waals surface area contributed by atoms with Crippen LogP contribution in [0.1, 0.15) is 46.3 Å². The highest BCUT2D eigenvalue weighted by molar-refractivity contribution is 5.87. The van der Waals surface area contributed by atoms with Crippen molar-refractivity contribution >= 4 is 5.97 Å². The summed E-state index contributed by atoms with van der Waals surface area (Å²) in [5.74, 6) is 1.15. The van der Waals surface area contributed by atoms with Crippen molar-refractivity contribution in [1.82, 2.24) is 20.1 Å². The fourth-order valence-corrected chi connectivity index (χ4v) is 3.06. The van der Waals surface area contributed by atoms with E-state index in [1.165, 1.54) is 0 Å². The van der Waals surface area contributed by atoms with Crippen molar-refractivity contribution in [3.8, 4) is 0 Å². The lowest BCUT2D eigenvalue weighted by molar-refractivity contribution is 0.0696.